The van der Waals surface area contributed by atoms with E-state index in [0.29, 0.717) is 24.8 Å². The number of carboxylic acids is 3. The molecule has 4 rings (SSSR count). The van der Waals surface area contributed by atoms with Gasteiger partial charge in [0.15, 0.2) is 5.78 Å². The zero-order chi connectivity index (χ0) is 83.5. The van der Waals surface area contributed by atoms with E-state index in [9.17, 15) is 107 Å². The van der Waals surface area contributed by atoms with Crippen LogP contribution >= 0.6 is 0 Å². The summed E-state index contributed by atoms with van der Waals surface area (Å²) in [4.78, 5) is 247. The quantitative estimate of drug-likeness (QED) is 0.0141. The Morgan fingerprint density at radius 3 is 1.77 bits per heavy atom. The lowest BCUT2D eigenvalue weighted by Gasteiger charge is -2.30. The Bertz CT molecular complexity index is 3810. The van der Waals surface area contributed by atoms with Crippen LogP contribution in [0.5, 0.6) is 0 Å². The number of nitrogen functional groups attached to an aromatic ring is 1. The number of aliphatic carboxylic acids is 3. The number of hydrogen-bond acceptors (Lipinski definition) is 23. The molecule has 13 amide bonds. The maximum atomic E-state index is 14.8. The van der Waals surface area contributed by atoms with Gasteiger partial charge in [0.25, 0.3) is 0 Å². The smallest absolute Gasteiger partial charge is 0.329 e. The maximum absolute atomic E-state index is 14.8. The van der Waals surface area contributed by atoms with Crippen molar-refractivity contribution in [2.24, 2.45) is 17.4 Å². The number of primary amides is 1. The van der Waals surface area contributed by atoms with Crippen molar-refractivity contribution in [1.29, 1.82) is 0 Å². The van der Waals surface area contributed by atoms with E-state index < -0.39 is 237 Å². The number of carbonyl (C=O) groups excluding carboxylic acids is 15. The highest BCUT2D eigenvalue weighted by Crippen LogP contribution is 2.31. The van der Waals surface area contributed by atoms with Crippen LogP contribution in [-0.4, -0.2) is 226 Å². The number of esters is 1. The Balaban J connectivity index is 1.84. The van der Waals surface area contributed by atoms with Crippen LogP contribution < -0.4 is 86.3 Å². The number of nitrogens with two attached hydrogens (primary N) is 3. The van der Waals surface area contributed by atoms with Gasteiger partial charge in [0.2, 0.25) is 76.8 Å². The molecule has 1 saturated heterocycles. The number of Topliss-reactive ketones (excluding diaryl/α,β-unsaturated/α-hetero) is 1. The third kappa shape index (κ3) is 31.2. The number of para-hydroxylation sites is 1. The first kappa shape index (κ1) is 92.5. The van der Waals surface area contributed by atoms with Crippen molar-refractivity contribution in [3.8, 4) is 0 Å². The van der Waals surface area contributed by atoms with Gasteiger partial charge in [0.05, 0.1) is 51.4 Å². The summed E-state index contributed by atoms with van der Waals surface area (Å²) in [6.45, 7) is 6.94. The van der Waals surface area contributed by atoms with E-state index in [1.54, 1.807) is 6.07 Å². The summed E-state index contributed by atoms with van der Waals surface area (Å²) in [6.07, 6.45) is 0.825. The molecule has 2 aromatic rings. The number of hydrogen-bond donors (Lipinski definition) is 20. The van der Waals surface area contributed by atoms with Gasteiger partial charge in [-0.15, -0.1) is 0 Å². The maximum Gasteiger partial charge on any atom is 0.329 e. The molecular weight excluding hydrogens is 1470 g/mol. The second kappa shape index (κ2) is 46.6. The molecule has 39 heteroatoms. The molecule has 1 aliphatic heterocycles. The van der Waals surface area contributed by atoms with Crippen molar-refractivity contribution in [1.82, 2.24) is 69.1 Å². The zero-order valence-electron chi connectivity index (χ0n) is 63.0. The highest BCUT2D eigenvalue weighted by atomic mass is 16.5. The fourth-order valence-corrected chi connectivity index (χ4v) is 11.8. The first-order chi connectivity index (χ1) is 53.0. The number of carbonyl (C=O) groups is 18. The van der Waals surface area contributed by atoms with Crippen molar-refractivity contribution >= 4 is 118 Å². The van der Waals surface area contributed by atoms with Crippen LogP contribution in [0.3, 0.4) is 0 Å². The summed E-state index contributed by atoms with van der Waals surface area (Å²) in [5, 5.41) is 70.3. The Morgan fingerprint density at radius 2 is 1.15 bits per heavy atom. The third-order valence-corrected chi connectivity index (χ3v) is 18.0. The van der Waals surface area contributed by atoms with Gasteiger partial charge in [-0.05, 0) is 87.7 Å². The SMILES string of the molecule is C=C1NCC(=O)N[C@H](CO)C(=O)N[C@@H](C(C)CC(=O)O)C(=O)N[C@@H](CC(=O)c2ccccc2N)C(=O)O[C@H](C)[C@H](NC(=O)[C@H](CC(=O)O)NC(=O)[C@@H](CC(N)=O)NC(=O)[C@H](CC2=CCc3ccccc32)NC(=O)CCCCCCCCC)C(=O)NCC(=O)N[C@@H](CCCN)C(=O)N[C@@H](C)C(=O)N[C@H](C)C(=O)N[C@H]1CC(=O)O. The van der Waals surface area contributed by atoms with E-state index in [2.05, 4.69) is 82.6 Å². The van der Waals surface area contributed by atoms with Gasteiger partial charge in [-0.1, -0.05) is 101 Å². The minimum Gasteiger partial charge on any atom is -0.481 e. The molecule has 39 nitrogen and oxygen atoms in total. The number of fused-ring (bicyclic) bond motifs is 1. The molecule has 1 unspecified atom stereocenters. The first-order valence-corrected chi connectivity index (χ1v) is 36.6. The minimum atomic E-state index is -2.37. The summed E-state index contributed by atoms with van der Waals surface area (Å²) in [5.41, 5.74) is 19.1. The number of ether oxygens (including phenoxy) is 1. The third-order valence-electron chi connectivity index (χ3n) is 18.0. The average molecular weight is 1570 g/mol. The molecular formula is C73H104N16O23. The van der Waals surface area contributed by atoms with Gasteiger partial charge in [0, 0.05) is 36.2 Å². The topological polar surface area (TPSA) is 632 Å². The van der Waals surface area contributed by atoms with Crippen molar-refractivity contribution < 1.29 is 111 Å². The van der Waals surface area contributed by atoms with Gasteiger partial charge < -0.3 is 111 Å². The second-order valence-electron chi connectivity index (χ2n) is 27.2. The van der Waals surface area contributed by atoms with Crippen molar-refractivity contribution in [3.05, 3.63) is 83.6 Å². The van der Waals surface area contributed by atoms with Crippen LogP contribution in [0.1, 0.15) is 159 Å². The van der Waals surface area contributed by atoms with Gasteiger partial charge in [-0.3, -0.25) is 81.5 Å². The highest BCUT2D eigenvalue weighted by Gasteiger charge is 2.41. The van der Waals surface area contributed by atoms with Crippen molar-refractivity contribution in [3.63, 3.8) is 0 Å². The van der Waals surface area contributed by atoms with Crippen LogP contribution in [-0.2, 0) is 92.7 Å². The summed E-state index contributed by atoms with van der Waals surface area (Å²) < 4.78 is 5.72. The summed E-state index contributed by atoms with van der Waals surface area (Å²) in [5.74, 6) is -24.4. The van der Waals surface area contributed by atoms with E-state index >= 15 is 0 Å². The van der Waals surface area contributed by atoms with Crippen LogP contribution in [0.2, 0.25) is 0 Å². The fourth-order valence-electron chi connectivity index (χ4n) is 11.8. The summed E-state index contributed by atoms with van der Waals surface area (Å²) in [7, 11) is 0. The number of carboxylic acid groups (broad SMARTS) is 3. The van der Waals surface area contributed by atoms with Gasteiger partial charge in [-0.2, -0.15) is 0 Å². The number of cyclic esters (lactones) is 1. The molecule has 23 N–H and O–H groups in total. The molecule has 0 spiro atoms. The summed E-state index contributed by atoms with van der Waals surface area (Å²) in [6, 6.07) is -7.87. The number of aliphatic hydroxyl groups is 1. The fraction of sp³-hybridized carbons (Fsp3) is 0.534. The van der Waals surface area contributed by atoms with Crippen LogP contribution in [0.4, 0.5) is 5.69 Å². The lowest BCUT2D eigenvalue weighted by molar-refractivity contribution is -0.156. The predicted molar refractivity (Wildman–Crippen MR) is 399 cm³/mol. The van der Waals surface area contributed by atoms with Crippen molar-refractivity contribution in [2.75, 3.05) is 32.0 Å². The molecule has 112 heavy (non-hydrogen) atoms. The van der Waals surface area contributed by atoms with Crippen LogP contribution in [0.25, 0.3) is 5.57 Å². The number of amides is 13. The Hall–Kier alpha value is -11.9. The molecule has 1 fully saturated rings. The van der Waals surface area contributed by atoms with E-state index in [4.69, 9.17) is 21.9 Å². The van der Waals surface area contributed by atoms with Crippen LogP contribution in [0, 0.1) is 5.92 Å². The highest BCUT2D eigenvalue weighted by molar-refractivity contribution is 6.05. The van der Waals surface area contributed by atoms with Gasteiger partial charge in [-0.25, -0.2) is 4.79 Å². The normalized spacial score (nSPS) is 21.8. The van der Waals surface area contributed by atoms with E-state index in [0.717, 1.165) is 57.1 Å². The molecule has 2 aromatic carbocycles. The van der Waals surface area contributed by atoms with Crippen LogP contribution in [0.15, 0.2) is 66.9 Å². The lowest BCUT2D eigenvalue weighted by atomic mass is 9.96. The molecule has 2 aliphatic rings. The molecule has 1 aliphatic carbocycles. The monoisotopic (exact) mass is 1570 g/mol. The largest absolute Gasteiger partial charge is 0.481 e. The number of anilines is 1. The number of allylic oxidation sites excluding steroid dienone is 1. The average Bonchev–Trinajstić information content (AvgIpc) is 1.65. The predicted octanol–water partition coefficient (Wildman–Crippen LogP) is -3.78. The Labute approximate surface area is 645 Å². The summed E-state index contributed by atoms with van der Waals surface area (Å²) >= 11 is 0. The standard InChI is InChI=1S/C73H104N16O23/c1-7-8-9-10-11-12-13-24-56(93)82-49(29-43-26-25-42-19-14-15-20-44(42)43)67(105)85-50(31-55(76)92)68(106)86-51(33-61(100)101)69(107)89-63-41(6)112-73(111)52(30-54(91)45-21-16-17-22-46(45)75)87-72(110)62(37(2)28-59(96)97)88-70(108)53(36-90)83-57(94)34-77-38(3)48(32-60(98)99)84-65(103)40(5)79-64(102)39(4)80-66(104)47(23-18-27-74)81-58(95)35-78-71(63)109/h14-17,19-22,26,37,39-41,47-53,62-63,77,90H,3,7-13,18,23-25,27-36,74-75H2,1-2,4-6H3,(H2,76,92)(H,78,109)(H,79,102)(H,80,104)(H,81,95)(H,82,93)(H,83,94)(H,84,103)(H,85,105)(H,86,106)(H,87,110)(H,88,108)(H,89,107)(H,96,97)(H,98,99)(H,100,101)/t37?,39-,40+,41+,47-,48-,49-,50+,51-,52-,53+,62-,63-/m0/s1. The molecule has 13 atom stereocenters. The number of unbranched alkanes of at least 4 members (excludes halogenated alkanes) is 6. The zero-order valence-corrected chi connectivity index (χ0v) is 63.0. The van der Waals surface area contributed by atoms with E-state index in [1.165, 1.54) is 38.1 Å². The molecule has 614 valence electrons. The van der Waals surface area contributed by atoms with Crippen molar-refractivity contribution in [2.45, 2.75) is 216 Å². The lowest BCUT2D eigenvalue weighted by Crippen LogP contribution is -2.61. The number of rotatable bonds is 33. The van der Waals surface area contributed by atoms with E-state index in [1.807, 2.05) is 24.3 Å². The second-order valence-corrected chi connectivity index (χ2v) is 27.2. The molecule has 0 radical (unpaired) electrons. The van der Waals surface area contributed by atoms with Gasteiger partial charge in [0.1, 0.15) is 66.5 Å². The molecule has 0 aromatic heterocycles. The Kier molecular flexibility index (Phi) is 38.5. The van der Waals surface area contributed by atoms with E-state index in [-0.39, 0.29) is 49.2 Å². The number of aliphatic hydroxyl groups excluding tert-OH is 1. The Morgan fingerprint density at radius 1 is 0.589 bits per heavy atom. The molecule has 0 saturated carbocycles. The number of nitrogens with one attached hydrogen (secondary N) is 13. The molecule has 0 bridgehead atoms. The van der Waals surface area contributed by atoms with Gasteiger partial charge >= 0.3 is 23.9 Å². The first-order valence-electron chi connectivity index (χ1n) is 36.6. The number of benzene rings is 2. The number of ketones is 1. The minimum absolute atomic E-state index is 0.0171. The molecule has 1 heterocycles.